The van der Waals surface area contributed by atoms with E-state index in [4.69, 9.17) is 4.74 Å². The van der Waals surface area contributed by atoms with E-state index < -0.39 is 0 Å². The zero-order valence-electron chi connectivity index (χ0n) is 9.92. The largest absolute Gasteiger partial charge is 0.376 e. The molecule has 0 aromatic carbocycles. The normalized spacial score (nSPS) is 24.4. The Morgan fingerprint density at radius 2 is 2.35 bits per heavy atom. The highest BCUT2D eigenvalue weighted by atomic mass is 16.5. The zero-order valence-corrected chi connectivity index (χ0v) is 9.92. The fraction of sp³-hybridized carbons (Fsp3) is 0.545. The molecule has 2 atom stereocenters. The number of aryl methyl sites for hydroxylation is 1. The topological polar surface area (TPSA) is 64.3 Å². The first-order valence-electron chi connectivity index (χ1n) is 5.80. The molecule has 0 bridgehead atoms. The second kappa shape index (κ2) is 3.96. The summed E-state index contributed by atoms with van der Waals surface area (Å²) in [6, 6.07) is 0.297. The minimum Gasteiger partial charge on any atom is -0.376 e. The fourth-order valence-corrected chi connectivity index (χ4v) is 2.14. The van der Waals surface area contributed by atoms with Crippen molar-refractivity contribution in [1.29, 1.82) is 0 Å². The van der Waals surface area contributed by atoms with Crippen molar-refractivity contribution in [2.24, 2.45) is 0 Å². The molecule has 0 amide bonds. The van der Waals surface area contributed by atoms with Gasteiger partial charge in [-0.15, -0.1) is 10.2 Å². The van der Waals surface area contributed by atoms with Gasteiger partial charge in [0.15, 0.2) is 5.82 Å². The van der Waals surface area contributed by atoms with Gasteiger partial charge in [0.25, 0.3) is 0 Å². The summed E-state index contributed by atoms with van der Waals surface area (Å²) in [5, 5.41) is 11.6. The van der Waals surface area contributed by atoms with E-state index in [1.54, 1.807) is 6.20 Å². The molecule has 0 radical (unpaired) electrons. The van der Waals surface area contributed by atoms with Crippen LogP contribution in [-0.4, -0.2) is 38.3 Å². The average Bonchev–Trinajstić information content (AvgIpc) is 2.89. The van der Waals surface area contributed by atoms with E-state index in [1.165, 1.54) is 0 Å². The summed E-state index contributed by atoms with van der Waals surface area (Å²) < 4.78 is 7.45. The summed E-state index contributed by atoms with van der Waals surface area (Å²) in [5.74, 6) is 1.64. The van der Waals surface area contributed by atoms with Crippen molar-refractivity contribution in [2.45, 2.75) is 32.4 Å². The van der Waals surface area contributed by atoms with Crippen molar-refractivity contribution in [2.75, 3.05) is 11.9 Å². The molecule has 1 aliphatic rings. The van der Waals surface area contributed by atoms with E-state index in [-0.39, 0.29) is 6.10 Å². The Balaban J connectivity index is 1.94. The predicted octanol–water partition coefficient (Wildman–Crippen LogP) is 1.02. The zero-order chi connectivity index (χ0) is 11.8. The molecule has 90 valence electrons. The van der Waals surface area contributed by atoms with Gasteiger partial charge in [0, 0.05) is 19.0 Å². The summed E-state index contributed by atoms with van der Waals surface area (Å²) in [5.41, 5.74) is 0.768. The van der Waals surface area contributed by atoms with Crippen LogP contribution in [0.2, 0.25) is 0 Å². The van der Waals surface area contributed by atoms with Crippen molar-refractivity contribution in [1.82, 2.24) is 19.6 Å². The molecular formula is C11H15N5O. The molecule has 0 aliphatic carbocycles. The number of nitrogens with one attached hydrogen (secondary N) is 1. The third-order valence-electron chi connectivity index (χ3n) is 3.20. The fourth-order valence-electron chi connectivity index (χ4n) is 2.14. The van der Waals surface area contributed by atoms with Crippen LogP contribution in [0.15, 0.2) is 12.4 Å². The SMILES string of the molecule is Cc1nnc2c(NC3CCOC3C)nccn12. The van der Waals surface area contributed by atoms with Gasteiger partial charge < -0.3 is 10.1 Å². The van der Waals surface area contributed by atoms with Crippen LogP contribution in [0, 0.1) is 6.92 Å². The number of hydrogen-bond acceptors (Lipinski definition) is 5. The van der Waals surface area contributed by atoms with Crippen LogP contribution in [0.4, 0.5) is 5.82 Å². The Bertz CT molecular complexity index is 538. The lowest BCUT2D eigenvalue weighted by Gasteiger charge is -2.16. The number of ether oxygens (including phenoxy) is 1. The standard InChI is InChI=1S/C11H15N5O/c1-7-9(3-6-17-7)13-10-11-15-14-8(2)16(11)5-4-12-10/h4-5,7,9H,3,6H2,1-2H3,(H,12,13). The average molecular weight is 233 g/mol. The molecule has 1 aliphatic heterocycles. The minimum absolute atomic E-state index is 0.209. The molecule has 6 heteroatoms. The van der Waals surface area contributed by atoms with Crippen molar-refractivity contribution in [3.8, 4) is 0 Å². The van der Waals surface area contributed by atoms with Gasteiger partial charge in [-0.05, 0) is 20.3 Å². The van der Waals surface area contributed by atoms with Crippen molar-refractivity contribution >= 4 is 11.5 Å². The number of fused-ring (bicyclic) bond motifs is 1. The van der Waals surface area contributed by atoms with Gasteiger partial charge in [-0.2, -0.15) is 0 Å². The van der Waals surface area contributed by atoms with Gasteiger partial charge in [0.2, 0.25) is 5.65 Å². The van der Waals surface area contributed by atoms with E-state index in [1.807, 2.05) is 17.5 Å². The van der Waals surface area contributed by atoms with Gasteiger partial charge in [-0.3, -0.25) is 4.40 Å². The maximum absolute atomic E-state index is 5.52. The highest BCUT2D eigenvalue weighted by Gasteiger charge is 2.25. The first-order valence-corrected chi connectivity index (χ1v) is 5.80. The number of nitrogens with zero attached hydrogens (tertiary/aromatic N) is 4. The lowest BCUT2D eigenvalue weighted by molar-refractivity contribution is 0.121. The third kappa shape index (κ3) is 1.74. The Hall–Kier alpha value is -1.69. The van der Waals surface area contributed by atoms with Crippen LogP contribution < -0.4 is 5.32 Å². The van der Waals surface area contributed by atoms with Crippen molar-refractivity contribution in [3.05, 3.63) is 18.2 Å². The summed E-state index contributed by atoms with van der Waals surface area (Å²) in [6.07, 6.45) is 4.83. The number of hydrogen-bond donors (Lipinski definition) is 1. The highest BCUT2D eigenvalue weighted by Crippen LogP contribution is 2.20. The molecule has 1 saturated heterocycles. The summed E-state index contributed by atoms with van der Waals surface area (Å²) in [7, 11) is 0. The molecule has 0 saturated carbocycles. The molecule has 2 unspecified atom stereocenters. The monoisotopic (exact) mass is 233 g/mol. The van der Waals surface area contributed by atoms with Crippen molar-refractivity contribution < 1.29 is 4.74 Å². The van der Waals surface area contributed by atoms with E-state index in [0.29, 0.717) is 6.04 Å². The smallest absolute Gasteiger partial charge is 0.203 e. The molecule has 0 spiro atoms. The predicted molar refractivity (Wildman–Crippen MR) is 63.0 cm³/mol. The lowest BCUT2D eigenvalue weighted by Crippen LogP contribution is -2.27. The first-order chi connectivity index (χ1) is 8.25. The Labute approximate surface area is 99.0 Å². The lowest BCUT2D eigenvalue weighted by atomic mass is 10.1. The quantitative estimate of drug-likeness (QED) is 0.839. The summed E-state index contributed by atoms with van der Waals surface area (Å²) in [4.78, 5) is 4.33. The number of rotatable bonds is 2. The van der Waals surface area contributed by atoms with E-state index in [2.05, 4.69) is 27.4 Å². The van der Waals surface area contributed by atoms with Crippen LogP contribution >= 0.6 is 0 Å². The van der Waals surface area contributed by atoms with Crippen LogP contribution in [-0.2, 0) is 4.74 Å². The van der Waals surface area contributed by atoms with Crippen LogP contribution in [0.3, 0.4) is 0 Å². The van der Waals surface area contributed by atoms with Gasteiger partial charge in [-0.1, -0.05) is 0 Å². The van der Waals surface area contributed by atoms with Crippen LogP contribution in [0.5, 0.6) is 0 Å². The molecule has 6 nitrogen and oxygen atoms in total. The molecule has 1 fully saturated rings. The third-order valence-corrected chi connectivity index (χ3v) is 3.20. The molecule has 2 aromatic heterocycles. The number of aromatic nitrogens is 4. The van der Waals surface area contributed by atoms with Crippen LogP contribution in [0.25, 0.3) is 5.65 Å². The van der Waals surface area contributed by atoms with Gasteiger partial charge in [0.1, 0.15) is 5.82 Å². The Morgan fingerprint density at radius 1 is 1.47 bits per heavy atom. The molecule has 17 heavy (non-hydrogen) atoms. The summed E-state index contributed by atoms with van der Waals surface area (Å²) >= 11 is 0. The maximum Gasteiger partial charge on any atom is 0.203 e. The Morgan fingerprint density at radius 3 is 3.12 bits per heavy atom. The minimum atomic E-state index is 0.209. The number of anilines is 1. The molecule has 1 N–H and O–H groups in total. The highest BCUT2D eigenvalue weighted by molar-refractivity contribution is 5.62. The van der Waals surface area contributed by atoms with E-state index in [0.717, 1.165) is 30.3 Å². The maximum atomic E-state index is 5.52. The Kier molecular flexibility index (Phi) is 2.44. The molecule has 3 rings (SSSR count). The molecular weight excluding hydrogens is 218 g/mol. The van der Waals surface area contributed by atoms with E-state index >= 15 is 0 Å². The first kappa shape index (κ1) is 10.5. The molecule has 2 aromatic rings. The van der Waals surface area contributed by atoms with Crippen molar-refractivity contribution in [3.63, 3.8) is 0 Å². The second-order valence-electron chi connectivity index (χ2n) is 4.33. The molecule has 3 heterocycles. The second-order valence-corrected chi connectivity index (χ2v) is 4.33. The summed E-state index contributed by atoms with van der Waals surface area (Å²) in [6.45, 7) is 4.79. The van der Waals surface area contributed by atoms with Gasteiger partial charge in [0.05, 0.1) is 12.1 Å². The van der Waals surface area contributed by atoms with Gasteiger partial charge >= 0.3 is 0 Å². The van der Waals surface area contributed by atoms with Crippen LogP contribution in [0.1, 0.15) is 19.2 Å². The van der Waals surface area contributed by atoms with E-state index in [9.17, 15) is 0 Å². The van der Waals surface area contributed by atoms with Gasteiger partial charge in [-0.25, -0.2) is 4.98 Å².